The lowest BCUT2D eigenvalue weighted by Gasteiger charge is -2.33. The number of hydrogen-bond acceptors (Lipinski definition) is 3. The second-order valence-electron chi connectivity index (χ2n) is 19.7. The molecule has 0 radical (unpaired) electrons. The van der Waals surface area contributed by atoms with E-state index in [1.807, 2.05) is 0 Å². The van der Waals surface area contributed by atoms with Crippen molar-refractivity contribution >= 4 is 67.2 Å². The van der Waals surface area contributed by atoms with Crippen LogP contribution in [-0.2, 0) is 0 Å². The van der Waals surface area contributed by atoms with Crippen LogP contribution in [-0.4, -0.2) is 10.6 Å². The Morgan fingerprint density at radius 1 is 0.329 bits per heavy atom. The van der Waals surface area contributed by atoms with Gasteiger partial charge in [0, 0.05) is 67.5 Å². The average Bonchev–Trinajstić information content (AvgIpc) is 4.07. The number of aromatic nitrogens is 1. The molecule has 0 saturated carbocycles. The van der Waals surface area contributed by atoms with E-state index in [4.69, 9.17) is 0 Å². The van der Waals surface area contributed by atoms with E-state index in [0.29, 0.717) is 0 Å². The molecule has 0 fully saturated rings. The van der Waals surface area contributed by atoms with Crippen molar-refractivity contribution in [1.82, 2.24) is 4.57 Å². The fraction of sp³-hybridized carbons (Fsp3) is 0.0278. The number of allylic oxidation sites excluding steroid dienone is 1. The zero-order chi connectivity index (χ0) is 50.4. The lowest BCUT2D eigenvalue weighted by molar-refractivity contribution is 0.820. The summed E-state index contributed by atoms with van der Waals surface area (Å²) in [5.74, 6) is 0. The number of anilines is 7. The Balaban J connectivity index is 0.838. The summed E-state index contributed by atoms with van der Waals surface area (Å²) >= 11 is 0. The highest BCUT2D eigenvalue weighted by atomic mass is 15.2. The van der Waals surface area contributed by atoms with E-state index in [9.17, 15) is 0 Å². The maximum atomic E-state index is 2.51. The van der Waals surface area contributed by atoms with Crippen LogP contribution in [0, 0.1) is 0 Å². The second kappa shape index (κ2) is 19.2. The Bertz CT molecular complexity index is 4120. The van der Waals surface area contributed by atoms with E-state index in [2.05, 4.69) is 317 Å². The number of para-hydroxylation sites is 4. The van der Waals surface area contributed by atoms with Gasteiger partial charge < -0.3 is 19.3 Å². The molecule has 0 spiro atoms. The fourth-order valence-electron chi connectivity index (χ4n) is 11.7. The van der Waals surface area contributed by atoms with Gasteiger partial charge >= 0.3 is 0 Å². The number of fused-ring (bicyclic) bond motifs is 6. The van der Waals surface area contributed by atoms with Gasteiger partial charge in [-0.3, -0.25) is 0 Å². The number of benzene rings is 11. The number of nitrogens with zero attached hydrogens (tertiary/aromatic N) is 4. The lowest BCUT2D eigenvalue weighted by atomic mass is 9.93. The van der Waals surface area contributed by atoms with Gasteiger partial charge in [-0.1, -0.05) is 188 Å². The predicted octanol–water partition coefficient (Wildman–Crippen LogP) is 19.3. The van der Waals surface area contributed by atoms with Crippen molar-refractivity contribution < 1.29 is 0 Å². The third kappa shape index (κ3) is 8.05. The summed E-state index contributed by atoms with van der Waals surface area (Å²) in [6, 6.07) is 104. The highest BCUT2D eigenvalue weighted by molar-refractivity contribution is 6.11. The molecule has 0 bridgehead atoms. The van der Waals surface area contributed by atoms with E-state index in [1.54, 1.807) is 0 Å². The molecule has 4 nitrogen and oxygen atoms in total. The third-order valence-electron chi connectivity index (χ3n) is 15.2. The molecule has 2 heterocycles. The molecule has 1 unspecified atom stereocenters. The van der Waals surface area contributed by atoms with Crippen molar-refractivity contribution in [2.75, 3.05) is 14.7 Å². The first kappa shape index (κ1) is 44.8. The molecule has 360 valence electrons. The Hall–Kier alpha value is -9.90. The molecule has 11 aromatic carbocycles. The normalized spacial score (nSPS) is 13.7. The van der Waals surface area contributed by atoms with Crippen LogP contribution in [0.25, 0.3) is 66.4 Å². The molecule has 4 heteroatoms. The summed E-state index contributed by atoms with van der Waals surface area (Å²) in [5, 5.41) is 2.43. The molecular formula is C72H52N4. The summed E-state index contributed by atoms with van der Waals surface area (Å²) in [4.78, 5) is 7.35. The molecular weight excluding hydrogens is 921 g/mol. The van der Waals surface area contributed by atoms with Crippen LogP contribution in [0.2, 0.25) is 0 Å². The van der Waals surface area contributed by atoms with Gasteiger partial charge in [0.25, 0.3) is 0 Å². The molecule has 1 aliphatic carbocycles. The van der Waals surface area contributed by atoms with E-state index >= 15 is 0 Å². The average molecular weight is 973 g/mol. The van der Waals surface area contributed by atoms with Gasteiger partial charge in [0.1, 0.15) is 0 Å². The van der Waals surface area contributed by atoms with Gasteiger partial charge in [0.05, 0.1) is 17.1 Å². The first-order valence-electron chi connectivity index (χ1n) is 26.3. The van der Waals surface area contributed by atoms with E-state index in [-0.39, 0.29) is 6.04 Å². The first-order valence-corrected chi connectivity index (χ1v) is 26.3. The highest BCUT2D eigenvalue weighted by Crippen LogP contribution is 2.50. The predicted molar refractivity (Wildman–Crippen MR) is 320 cm³/mol. The minimum Gasteiger partial charge on any atom is -0.333 e. The Labute approximate surface area is 444 Å². The van der Waals surface area contributed by atoms with Gasteiger partial charge in [-0.15, -0.1) is 0 Å². The number of hydrogen-bond donors (Lipinski definition) is 0. The van der Waals surface area contributed by atoms with Crippen molar-refractivity contribution in [3.05, 3.63) is 309 Å². The maximum absolute atomic E-state index is 2.51. The van der Waals surface area contributed by atoms with E-state index in [1.165, 1.54) is 66.6 Å². The topological polar surface area (TPSA) is 14.7 Å². The van der Waals surface area contributed by atoms with Crippen molar-refractivity contribution in [3.63, 3.8) is 0 Å². The molecule has 0 amide bonds. The van der Waals surface area contributed by atoms with E-state index < -0.39 is 0 Å². The molecule has 1 aromatic heterocycles. The lowest BCUT2D eigenvalue weighted by Crippen LogP contribution is -2.29. The Morgan fingerprint density at radius 2 is 0.803 bits per heavy atom. The molecule has 0 saturated heterocycles. The highest BCUT2D eigenvalue weighted by Gasteiger charge is 2.36. The van der Waals surface area contributed by atoms with Crippen LogP contribution in [0.5, 0.6) is 0 Å². The summed E-state index contributed by atoms with van der Waals surface area (Å²) in [7, 11) is 0. The molecule has 14 rings (SSSR count). The van der Waals surface area contributed by atoms with Crippen molar-refractivity contribution in [2.45, 2.75) is 12.5 Å². The van der Waals surface area contributed by atoms with Crippen LogP contribution >= 0.6 is 0 Å². The van der Waals surface area contributed by atoms with Gasteiger partial charge in [-0.05, 0) is 155 Å². The summed E-state index contributed by atoms with van der Waals surface area (Å²) in [5.41, 5.74) is 22.3. The molecule has 76 heavy (non-hydrogen) atoms. The van der Waals surface area contributed by atoms with Gasteiger partial charge in [-0.25, -0.2) is 0 Å². The molecule has 0 N–H and O–H groups in total. The monoisotopic (exact) mass is 972 g/mol. The zero-order valence-corrected chi connectivity index (χ0v) is 41.9. The van der Waals surface area contributed by atoms with Crippen LogP contribution in [0.3, 0.4) is 0 Å². The summed E-state index contributed by atoms with van der Waals surface area (Å²) in [6.45, 7) is 0. The van der Waals surface area contributed by atoms with Gasteiger partial charge in [0.15, 0.2) is 0 Å². The van der Waals surface area contributed by atoms with Gasteiger partial charge in [0.2, 0.25) is 0 Å². The standard InChI is InChI=1S/C72H52N4/c1-5-19-51(20-6-1)55-23-17-29-61(47-55)73(63-43-45-71-67(49-63)65-31-13-15-33-69(65)75(71)57-25-9-3-10-26-57)59-39-35-53(36-40-59)54-37-41-60(42-38-54)74(62-30-18-24-56(48-62)52-21-7-2-8-22-52)64-44-46-72-68(50-64)66-32-14-16-34-70(66)76(72)58-27-11-4-12-28-58/h1-45,47-50,72H,46H2. The summed E-state index contributed by atoms with van der Waals surface area (Å²) < 4.78 is 2.38. The van der Waals surface area contributed by atoms with Crippen LogP contribution < -0.4 is 14.7 Å². The zero-order valence-electron chi connectivity index (χ0n) is 41.9. The minimum atomic E-state index is 0.208. The minimum absolute atomic E-state index is 0.208. The summed E-state index contributed by atoms with van der Waals surface area (Å²) in [6.07, 6.45) is 5.73. The maximum Gasteiger partial charge on any atom is 0.0634 e. The Kier molecular flexibility index (Phi) is 11.3. The SMILES string of the molecule is C1=C2c3ccccc3N(c3ccccc3)C2CC=C1N(c1ccc(-c2ccc(N(c3cccc(-c4ccccc4)c3)c3ccc4c(c3)c3ccccc3n4-c3ccccc3)cc2)cc1)c1cccc(-c2ccccc2)c1. The quantitative estimate of drug-likeness (QED) is 0.128. The number of rotatable bonds is 11. The fourth-order valence-corrected chi connectivity index (χ4v) is 11.7. The largest absolute Gasteiger partial charge is 0.333 e. The molecule has 2 aliphatic rings. The van der Waals surface area contributed by atoms with Crippen molar-refractivity contribution in [3.8, 4) is 39.1 Å². The van der Waals surface area contributed by atoms with E-state index in [0.717, 1.165) is 57.4 Å². The van der Waals surface area contributed by atoms with Crippen LogP contribution in [0.4, 0.5) is 39.8 Å². The van der Waals surface area contributed by atoms with Crippen LogP contribution in [0.1, 0.15) is 12.0 Å². The molecule has 1 aliphatic heterocycles. The molecule has 1 atom stereocenters. The molecule has 12 aromatic rings. The Morgan fingerprint density at radius 3 is 1.45 bits per heavy atom. The van der Waals surface area contributed by atoms with Crippen LogP contribution in [0.15, 0.2) is 303 Å². The first-order chi connectivity index (χ1) is 37.7. The second-order valence-corrected chi connectivity index (χ2v) is 19.7. The van der Waals surface area contributed by atoms with Gasteiger partial charge in [-0.2, -0.15) is 0 Å². The third-order valence-corrected chi connectivity index (χ3v) is 15.2. The smallest absolute Gasteiger partial charge is 0.0634 e. The van der Waals surface area contributed by atoms with Crippen molar-refractivity contribution in [2.24, 2.45) is 0 Å². The van der Waals surface area contributed by atoms with Crippen molar-refractivity contribution in [1.29, 1.82) is 0 Å².